The summed E-state index contributed by atoms with van der Waals surface area (Å²) in [6, 6.07) is 24.1. The molecular weight excluding hydrogens is 476 g/mol. The molecule has 1 N–H and O–H groups in total. The molecule has 2 aromatic heterocycles. The quantitative estimate of drug-likeness (QED) is 0.296. The molecular formula is C28H27ClN4OS. The minimum Gasteiger partial charge on any atom is -0.494 e. The molecule has 1 fully saturated rings. The topological polar surface area (TPSA) is 42.3 Å². The van der Waals surface area contributed by atoms with E-state index in [2.05, 4.69) is 57.9 Å². The van der Waals surface area contributed by atoms with E-state index < -0.39 is 0 Å². The number of halogens is 1. The standard InChI is InChI=1S/C28H27ClN4OS/c1-4-34-23-13-11-21(12-14-23)33-27(26(31-28(33)35)25-10-5-6-15-30-25)24-16-18(2)32(19(24)3)22-9-7-8-20(29)17-22/h5-17,26-27H,4H2,1-3H3,(H,31,35)/t26-,27-/m0/s1. The van der Waals surface area contributed by atoms with Gasteiger partial charge in [0.15, 0.2) is 5.11 Å². The Balaban J connectivity index is 1.64. The van der Waals surface area contributed by atoms with E-state index in [1.165, 1.54) is 5.56 Å². The van der Waals surface area contributed by atoms with Crippen LogP contribution in [0.1, 0.15) is 41.7 Å². The molecule has 5 nitrogen and oxygen atoms in total. The number of pyridine rings is 1. The van der Waals surface area contributed by atoms with Gasteiger partial charge in [-0.3, -0.25) is 4.98 Å². The minimum atomic E-state index is -0.108. The van der Waals surface area contributed by atoms with Crippen LogP contribution in [0.2, 0.25) is 5.02 Å². The Bertz CT molecular complexity index is 1350. The maximum absolute atomic E-state index is 6.33. The number of hydrogen-bond donors (Lipinski definition) is 1. The highest BCUT2D eigenvalue weighted by molar-refractivity contribution is 7.80. The van der Waals surface area contributed by atoms with Gasteiger partial charge in [0.05, 0.1) is 24.4 Å². The van der Waals surface area contributed by atoms with Gasteiger partial charge in [-0.2, -0.15) is 0 Å². The van der Waals surface area contributed by atoms with Crippen molar-refractivity contribution in [1.29, 1.82) is 0 Å². The molecule has 3 heterocycles. The number of rotatable bonds is 6. The first-order chi connectivity index (χ1) is 17.0. The largest absolute Gasteiger partial charge is 0.494 e. The normalized spacial score (nSPS) is 17.5. The van der Waals surface area contributed by atoms with Crippen LogP contribution >= 0.6 is 23.8 Å². The van der Waals surface area contributed by atoms with Gasteiger partial charge in [-0.15, -0.1) is 0 Å². The van der Waals surface area contributed by atoms with Crippen molar-refractivity contribution in [2.24, 2.45) is 0 Å². The zero-order chi connectivity index (χ0) is 24.5. The molecule has 1 aliphatic rings. The first kappa shape index (κ1) is 23.4. The van der Waals surface area contributed by atoms with Crippen molar-refractivity contribution in [3.63, 3.8) is 0 Å². The van der Waals surface area contributed by atoms with Gasteiger partial charge in [0, 0.05) is 34.0 Å². The molecule has 0 unspecified atom stereocenters. The summed E-state index contributed by atoms with van der Waals surface area (Å²) in [7, 11) is 0. The monoisotopic (exact) mass is 502 g/mol. The summed E-state index contributed by atoms with van der Waals surface area (Å²) >= 11 is 12.2. The van der Waals surface area contributed by atoms with Gasteiger partial charge < -0.3 is 19.5 Å². The lowest BCUT2D eigenvalue weighted by Gasteiger charge is -2.28. The van der Waals surface area contributed by atoms with E-state index in [1.807, 2.05) is 61.7 Å². The van der Waals surface area contributed by atoms with E-state index in [4.69, 9.17) is 28.6 Å². The number of anilines is 1. The Kier molecular flexibility index (Phi) is 6.50. The Morgan fingerprint density at radius 2 is 1.80 bits per heavy atom. The summed E-state index contributed by atoms with van der Waals surface area (Å²) in [5.74, 6) is 0.839. The maximum Gasteiger partial charge on any atom is 0.174 e. The van der Waals surface area contributed by atoms with Crippen LogP contribution in [0, 0.1) is 13.8 Å². The second-order valence-corrected chi connectivity index (χ2v) is 9.39. The Labute approximate surface area is 216 Å². The fraction of sp³-hybridized carbons (Fsp3) is 0.214. The first-order valence-corrected chi connectivity index (χ1v) is 12.4. The van der Waals surface area contributed by atoms with Gasteiger partial charge in [0.2, 0.25) is 0 Å². The SMILES string of the molecule is CCOc1ccc(N2C(=S)N[C@@H](c3ccccn3)[C@@H]2c2cc(C)n(-c3cccc(Cl)c3)c2C)cc1. The van der Waals surface area contributed by atoms with E-state index in [9.17, 15) is 0 Å². The van der Waals surface area contributed by atoms with Crippen LogP contribution in [0.25, 0.3) is 5.69 Å². The van der Waals surface area contributed by atoms with Gasteiger partial charge in [-0.05, 0) is 99.2 Å². The van der Waals surface area contributed by atoms with Crippen molar-refractivity contribution in [3.05, 3.63) is 107 Å². The lowest BCUT2D eigenvalue weighted by atomic mass is 9.96. The van der Waals surface area contributed by atoms with Crippen molar-refractivity contribution < 1.29 is 4.74 Å². The summed E-state index contributed by atoms with van der Waals surface area (Å²) in [6.07, 6.45) is 1.83. The lowest BCUT2D eigenvalue weighted by Crippen LogP contribution is -2.29. The third kappa shape index (κ3) is 4.40. The number of nitrogens with zero attached hydrogens (tertiary/aromatic N) is 3. The molecule has 7 heteroatoms. The second-order valence-electron chi connectivity index (χ2n) is 8.57. The number of aromatic nitrogens is 2. The average Bonchev–Trinajstić information content (AvgIpc) is 3.35. The van der Waals surface area contributed by atoms with Gasteiger partial charge in [-0.25, -0.2) is 0 Å². The van der Waals surface area contributed by atoms with Crippen molar-refractivity contribution in [1.82, 2.24) is 14.9 Å². The van der Waals surface area contributed by atoms with Gasteiger partial charge in [0.25, 0.3) is 0 Å². The summed E-state index contributed by atoms with van der Waals surface area (Å²) < 4.78 is 7.90. The molecule has 1 saturated heterocycles. The number of ether oxygens (including phenoxy) is 1. The van der Waals surface area contributed by atoms with Crippen LogP contribution < -0.4 is 15.0 Å². The molecule has 0 aliphatic carbocycles. The summed E-state index contributed by atoms with van der Waals surface area (Å²) in [5, 5.41) is 4.92. The summed E-state index contributed by atoms with van der Waals surface area (Å²) in [6.45, 7) is 6.88. The predicted molar refractivity (Wildman–Crippen MR) is 146 cm³/mol. The number of thiocarbonyl (C=S) groups is 1. The molecule has 0 radical (unpaired) electrons. The zero-order valence-corrected chi connectivity index (χ0v) is 21.5. The third-order valence-corrected chi connectivity index (χ3v) is 6.93. The fourth-order valence-corrected chi connectivity index (χ4v) is 5.45. The molecule has 0 bridgehead atoms. The zero-order valence-electron chi connectivity index (χ0n) is 19.9. The Morgan fingerprint density at radius 1 is 1.00 bits per heavy atom. The predicted octanol–water partition coefficient (Wildman–Crippen LogP) is 6.72. The molecule has 0 spiro atoms. The minimum absolute atomic E-state index is 0.0884. The molecule has 4 aromatic rings. The number of aryl methyl sites for hydroxylation is 1. The highest BCUT2D eigenvalue weighted by atomic mass is 35.5. The highest BCUT2D eigenvalue weighted by Crippen LogP contribution is 2.44. The number of nitrogens with one attached hydrogen (secondary N) is 1. The molecule has 2 aromatic carbocycles. The van der Waals surface area contributed by atoms with Crippen molar-refractivity contribution in [2.45, 2.75) is 32.9 Å². The van der Waals surface area contributed by atoms with E-state index in [1.54, 1.807) is 0 Å². The van der Waals surface area contributed by atoms with Crippen LogP contribution in [0.15, 0.2) is 79.0 Å². The van der Waals surface area contributed by atoms with Crippen molar-refractivity contribution in [3.8, 4) is 11.4 Å². The molecule has 5 rings (SSSR count). The fourth-order valence-electron chi connectivity index (χ4n) is 4.92. The molecule has 35 heavy (non-hydrogen) atoms. The third-order valence-electron chi connectivity index (χ3n) is 6.38. The van der Waals surface area contributed by atoms with Gasteiger partial charge in [-0.1, -0.05) is 23.7 Å². The highest BCUT2D eigenvalue weighted by Gasteiger charge is 2.42. The van der Waals surface area contributed by atoms with Crippen LogP contribution in [0.4, 0.5) is 5.69 Å². The van der Waals surface area contributed by atoms with E-state index >= 15 is 0 Å². The second kappa shape index (κ2) is 9.72. The average molecular weight is 503 g/mol. The summed E-state index contributed by atoms with van der Waals surface area (Å²) in [4.78, 5) is 6.86. The number of hydrogen-bond acceptors (Lipinski definition) is 3. The molecule has 1 aliphatic heterocycles. The van der Waals surface area contributed by atoms with Gasteiger partial charge >= 0.3 is 0 Å². The molecule has 0 amide bonds. The van der Waals surface area contributed by atoms with Crippen LogP contribution in [0.5, 0.6) is 5.75 Å². The molecule has 178 valence electrons. The smallest absolute Gasteiger partial charge is 0.174 e. The lowest BCUT2D eigenvalue weighted by molar-refractivity contribution is 0.340. The van der Waals surface area contributed by atoms with Crippen LogP contribution in [-0.2, 0) is 0 Å². The maximum atomic E-state index is 6.33. The number of benzene rings is 2. The van der Waals surface area contributed by atoms with Crippen LogP contribution in [-0.4, -0.2) is 21.3 Å². The van der Waals surface area contributed by atoms with E-state index in [0.29, 0.717) is 16.7 Å². The van der Waals surface area contributed by atoms with E-state index in [-0.39, 0.29) is 12.1 Å². The molecule has 2 atom stereocenters. The Morgan fingerprint density at radius 3 is 2.49 bits per heavy atom. The van der Waals surface area contributed by atoms with Gasteiger partial charge in [0.1, 0.15) is 5.75 Å². The van der Waals surface area contributed by atoms with Crippen LogP contribution in [0.3, 0.4) is 0 Å². The van der Waals surface area contributed by atoms with Crippen molar-refractivity contribution >= 4 is 34.6 Å². The first-order valence-electron chi connectivity index (χ1n) is 11.7. The van der Waals surface area contributed by atoms with E-state index in [0.717, 1.165) is 34.2 Å². The Hall–Kier alpha value is -3.35. The summed E-state index contributed by atoms with van der Waals surface area (Å²) in [5.41, 5.74) is 6.43. The van der Waals surface area contributed by atoms with Crippen molar-refractivity contribution in [2.75, 3.05) is 11.5 Å². The molecule has 0 saturated carbocycles.